The van der Waals surface area contributed by atoms with Crippen molar-refractivity contribution in [1.82, 2.24) is 9.55 Å². The van der Waals surface area contributed by atoms with E-state index in [1.54, 1.807) is 55.6 Å². The van der Waals surface area contributed by atoms with Gasteiger partial charge >= 0.3 is 6.09 Å². The molecule has 2 aromatic carbocycles. The molecule has 0 fully saturated rings. The molecule has 1 heterocycles. The van der Waals surface area contributed by atoms with Gasteiger partial charge in [-0.25, -0.2) is 14.3 Å². The Morgan fingerprint density at radius 1 is 1.03 bits per heavy atom. The van der Waals surface area contributed by atoms with Crippen molar-refractivity contribution >= 4 is 17.7 Å². The van der Waals surface area contributed by atoms with E-state index in [2.05, 4.69) is 10.3 Å². The van der Waals surface area contributed by atoms with Crippen LogP contribution in [0.15, 0.2) is 71.9 Å². The van der Waals surface area contributed by atoms with Crippen LogP contribution >= 0.6 is 0 Å². The highest BCUT2D eigenvalue weighted by molar-refractivity contribution is 5.85. The van der Waals surface area contributed by atoms with Crippen LogP contribution in [0.3, 0.4) is 0 Å². The Morgan fingerprint density at radius 2 is 1.76 bits per heavy atom. The SMILES string of the molecule is COc1ccc(COC(=O)Nc2cncn(C(=O)Cc3ccccc3)c2=O)cc1. The van der Waals surface area contributed by atoms with E-state index < -0.39 is 17.6 Å². The third-order valence-corrected chi connectivity index (χ3v) is 4.07. The van der Waals surface area contributed by atoms with Gasteiger partial charge < -0.3 is 9.47 Å². The standard InChI is InChI=1S/C21H19N3O5/c1-28-17-9-7-16(8-10-17)13-29-21(27)23-18-12-22-14-24(20(18)26)19(25)11-15-5-3-2-4-6-15/h2-10,12,14H,11,13H2,1H3,(H,23,27). The zero-order chi connectivity index (χ0) is 20.6. The first kappa shape index (κ1) is 19.8. The molecule has 3 aromatic rings. The van der Waals surface area contributed by atoms with Crippen LogP contribution in [0.2, 0.25) is 0 Å². The average Bonchev–Trinajstić information content (AvgIpc) is 2.75. The monoisotopic (exact) mass is 393 g/mol. The number of hydrogen-bond donors (Lipinski definition) is 1. The van der Waals surface area contributed by atoms with Crippen LogP contribution in [-0.4, -0.2) is 28.7 Å². The first-order chi connectivity index (χ1) is 14.1. The van der Waals surface area contributed by atoms with Crippen LogP contribution in [0.25, 0.3) is 0 Å². The number of carbonyl (C=O) groups is 2. The van der Waals surface area contributed by atoms with Gasteiger partial charge in [0.25, 0.3) is 5.56 Å². The largest absolute Gasteiger partial charge is 0.497 e. The molecule has 0 radical (unpaired) electrons. The van der Waals surface area contributed by atoms with E-state index in [1.165, 1.54) is 6.20 Å². The minimum Gasteiger partial charge on any atom is -0.497 e. The number of amides is 1. The molecule has 0 saturated heterocycles. The zero-order valence-electron chi connectivity index (χ0n) is 15.7. The molecule has 8 nitrogen and oxygen atoms in total. The second-order valence-corrected chi connectivity index (χ2v) is 6.09. The van der Waals surface area contributed by atoms with E-state index in [1.807, 2.05) is 6.07 Å². The molecule has 0 spiro atoms. The predicted octanol–water partition coefficient (Wildman–Crippen LogP) is 2.88. The summed E-state index contributed by atoms with van der Waals surface area (Å²) in [5.74, 6) is 0.234. The number of carbonyl (C=O) groups excluding carboxylic acids is 2. The third-order valence-electron chi connectivity index (χ3n) is 4.07. The number of nitrogens with zero attached hydrogens (tertiary/aromatic N) is 2. The van der Waals surface area contributed by atoms with Crippen molar-refractivity contribution < 1.29 is 19.1 Å². The Hall–Kier alpha value is -3.94. The Bertz CT molecular complexity index is 1050. The lowest BCUT2D eigenvalue weighted by Gasteiger charge is -2.09. The minimum absolute atomic E-state index is 0.0111. The predicted molar refractivity (Wildman–Crippen MR) is 106 cm³/mol. The van der Waals surface area contributed by atoms with Crippen molar-refractivity contribution in [3.63, 3.8) is 0 Å². The van der Waals surface area contributed by atoms with Crippen LogP contribution in [0, 0.1) is 0 Å². The van der Waals surface area contributed by atoms with Gasteiger partial charge in [0.2, 0.25) is 5.91 Å². The van der Waals surface area contributed by atoms with Gasteiger partial charge in [0.05, 0.1) is 19.7 Å². The van der Waals surface area contributed by atoms with Gasteiger partial charge in [-0.05, 0) is 23.3 Å². The molecule has 3 rings (SSSR count). The minimum atomic E-state index is -0.826. The number of aromatic nitrogens is 2. The molecule has 148 valence electrons. The first-order valence-electron chi connectivity index (χ1n) is 8.77. The van der Waals surface area contributed by atoms with E-state index >= 15 is 0 Å². The second kappa shape index (κ2) is 9.32. The quantitative estimate of drug-likeness (QED) is 0.691. The Kier molecular flexibility index (Phi) is 6.36. The van der Waals surface area contributed by atoms with Crippen molar-refractivity contribution in [3.05, 3.63) is 88.6 Å². The smallest absolute Gasteiger partial charge is 0.412 e. The summed E-state index contributed by atoms with van der Waals surface area (Å²) in [6.07, 6.45) is 1.51. The molecule has 0 aliphatic rings. The van der Waals surface area contributed by atoms with Crippen LogP contribution in [0.1, 0.15) is 15.9 Å². The van der Waals surface area contributed by atoms with Crippen LogP contribution in [0.4, 0.5) is 10.5 Å². The highest BCUT2D eigenvalue weighted by Gasteiger charge is 2.14. The maximum absolute atomic E-state index is 12.5. The van der Waals surface area contributed by atoms with Crippen LogP contribution < -0.4 is 15.6 Å². The number of benzene rings is 2. The summed E-state index contributed by atoms with van der Waals surface area (Å²) >= 11 is 0. The Morgan fingerprint density at radius 3 is 2.45 bits per heavy atom. The third kappa shape index (κ3) is 5.29. The lowest BCUT2D eigenvalue weighted by Crippen LogP contribution is -2.31. The van der Waals surface area contributed by atoms with Crippen molar-refractivity contribution in [2.45, 2.75) is 13.0 Å². The molecule has 1 amide bonds. The maximum atomic E-state index is 12.5. The van der Waals surface area contributed by atoms with Crippen molar-refractivity contribution in [1.29, 1.82) is 0 Å². The van der Waals surface area contributed by atoms with Gasteiger partial charge in [0.1, 0.15) is 24.4 Å². The van der Waals surface area contributed by atoms with Gasteiger partial charge in [-0.2, -0.15) is 0 Å². The summed E-state index contributed by atoms with van der Waals surface area (Å²) in [5, 5.41) is 2.33. The van der Waals surface area contributed by atoms with Gasteiger partial charge in [-0.15, -0.1) is 0 Å². The van der Waals surface area contributed by atoms with Crippen LogP contribution in [0.5, 0.6) is 5.75 Å². The van der Waals surface area contributed by atoms with Gasteiger partial charge in [0, 0.05) is 0 Å². The molecule has 1 aromatic heterocycles. The lowest BCUT2D eigenvalue weighted by molar-refractivity contribution is 0.0908. The average molecular weight is 393 g/mol. The normalized spacial score (nSPS) is 10.2. The van der Waals surface area contributed by atoms with E-state index in [0.717, 1.165) is 22.0 Å². The second-order valence-electron chi connectivity index (χ2n) is 6.09. The molecule has 0 atom stereocenters. The molecular formula is C21H19N3O5. The molecule has 0 bridgehead atoms. The summed E-state index contributed by atoms with van der Waals surface area (Å²) in [6, 6.07) is 16.0. The first-order valence-corrected chi connectivity index (χ1v) is 8.77. The number of nitrogens with one attached hydrogen (secondary N) is 1. The molecule has 1 N–H and O–H groups in total. The fraction of sp³-hybridized carbons (Fsp3) is 0.143. The van der Waals surface area contributed by atoms with Gasteiger partial charge in [-0.3, -0.25) is 14.9 Å². The van der Waals surface area contributed by atoms with E-state index in [4.69, 9.17) is 9.47 Å². The van der Waals surface area contributed by atoms with E-state index in [9.17, 15) is 14.4 Å². The fourth-order valence-corrected chi connectivity index (χ4v) is 2.55. The van der Waals surface area contributed by atoms with Crippen LogP contribution in [-0.2, 0) is 17.8 Å². The maximum Gasteiger partial charge on any atom is 0.412 e. The number of ether oxygens (including phenoxy) is 2. The number of methoxy groups -OCH3 is 1. The van der Waals surface area contributed by atoms with Gasteiger partial charge in [0.15, 0.2) is 0 Å². The highest BCUT2D eigenvalue weighted by Crippen LogP contribution is 2.12. The molecule has 0 aliphatic carbocycles. The lowest BCUT2D eigenvalue weighted by atomic mass is 10.1. The molecule has 29 heavy (non-hydrogen) atoms. The van der Waals surface area contributed by atoms with Crippen molar-refractivity contribution in [2.24, 2.45) is 0 Å². The summed E-state index contributed by atoms with van der Waals surface area (Å²) < 4.78 is 11.0. The summed E-state index contributed by atoms with van der Waals surface area (Å²) in [7, 11) is 1.56. The molecule has 0 saturated carbocycles. The zero-order valence-corrected chi connectivity index (χ0v) is 15.7. The van der Waals surface area contributed by atoms with Gasteiger partial charge in [-0.1, -0.05) is 42.5 Å². The number of anilines is 1. The molecule has 8 heteroatoms. The molecule has 0 unspecified atom stereocenters. The fourth-order valence-electron chi connectivity index (χ4n) is 2.55. The summed E-state index contributed by atoms with van der Waals surface area (Å²) in [6.45, 7) is 0.0111. The van der Waals surface area contributed by atoms with Crippen molar-refractivity contribution in [2.75, 3.05) is 12.4 Å². The summed E-state index contributed by atoms with van der Waals surface area (Å²) in [5.41, 5.74) is 0.695. The topological polar surface area (TPSA) is 99.5 Å². The molecule has 0 aliphatic heterocycles. The van der Waals surface area contributed by atoms with E-state index in [-0.39, 0.29) is 18.7 Å². The van der Waals surface area contributed by atoms with Crippen molar-refractivity contribution in [3.8, 4) is 5.75 Å². The summed E-state index contributed by atoms with van der Waals surface area (Å²) in [4.78, 5) is 40.8. The highest BCUT2D eigenvalue weighted by atomic mass is 16.5. The Balaban J connectivity index is 1.63. The molecular weight excluding hydrogens is 374 g/mol. The number of hydrogen-bond acceptors (Lipinski definition) is 6. The Labute approximate surface area is 166 Å². The van der Waals surface area contributed by atoms with E-state index in [0.29, 0.717) is 5.75 Å². The number of rotatable bonds is 6.